The normalized spacial score (nSPS) is 10.2. The largest absolute Gasteiger partial charge is 0.493 e. The van der Waals surface area contributed by atoms with Crippen molar-refractivity contribution >= 4 is 17.4 Å². The van der Waals surface area contributed by atoms with Crippen LogP contribution in [-0.4, -0.2) is 25.1 Å². The van der Waals surface area contributed by atoms with E-state index in [2.05, 4.69) is 15.6 Å². The molecule has 0 radical (unpaired) electrons. The lowest BCUT2D eigenvalue weighted by atomic mass is 10.2. The van der Waals surface area contributed by atoms with Crippen LogP contribution in [0.4, 0.5) is 15.9 Å². The Hall–Kier alpha value is -3.61. The third-order valence-corrected chi connectivity index (χ3v) is 4.08. The fourth-order valence-corrected chi connectivity index (χ4v) is 2.61. The first-order valence-corrected chi connectivity index (χ1v) is 8.57. The molecule has 0 atom stereocenters. The molecule has 6 nitrogen and oxygen atoms in total. The van der Waals surface area contributed by atoms with Crippen LogP contribution in [0.5, 0.6) is 11.5 Å². The van der Waals surface area contributed by atoms with Crippen LogP contribution < -0.4 is 20.1 Å². The number of hydrogen-bond donors (Lipinski definition) is 2. The van der Waals surface area contributed by atoms with Crippen LogP contribution >= 0.6 is 0 Å². The molecule has 1 heterocycles. The van der Waals surface area contributed by atoms with Gasteiger partial charge < -0.3 is 20.1 Å². The Morgan fingerprint density at radius 3 is 2.57 bits per heavy atom. The van der Waals surface area contributed by atoms with Crippen LogP contribution in [0.15, 0.2) is 60.8 Å². The molecule has 0 aliphatic heterocycles. The van der Waals surface area contributed by atoms with E-state index in [-0.39, 0.29) is 18.3 Å². The number of methoxy groups -OCH3 is 2. The SMILES string of the molecule is COc1ccc(NC(=O)c2ccnc(NCc3ccccc3F)c2)cc1OC. The highest BCUT2D eigenvalue weighted by Gasteiger charge is 2.10. The molecular weight excluding hydrogens is 361 g/mol. The van der Waals surface area contributed by atoms with E-state index < -0.39 is 0 Å². The zero-order chi connectivity index (χ0) is 19.9. The Balaban J connectivity index is 1.69. The zero-order valence-corrected chi connectivity index (χ0v) is 15.5. The number of nitrogens with zero attached hydrogens (tertiary/aromatic N) is 1. The summed E-state index contributed by atoms with van der Waals surface area (Å²) in [5.74, 6) is 0.968. The van der Waals surface area contributed by atoms with Gasteiger partial charge >= 0.3 is 0 Å². The Kier molecular flexibility index (Phi) is 6.06. The summed E-state index contributed by atoms with van der Waals surface area (Å²) in [7, 11) is 3.07. The maximum Gasteiger partial charge on any atom is 0.255 e. The van der Waals surface area contributed by atoms with Gasteiger partial charge in [0, 0.05) is 35.6 Å². The van der Waals surface area contributed by atoms with E-state index in [0.717, 1.165) is 0 Å². The Morgan fingerprint density at radius 1 is 1.04 bits per heavy atom. The molecule has 1 aromatic heterocycles. The van der Waals surface area contributed by atoms with Crippen LogP contribution in [0, 0.1) is 5.82 Å². The number of carbonyl (C=O) groups excluding carboxylic acids is 1. The number of ether oxygens (including phenoxy) is 2. The van der Waals surface area contributed by atoms with E-state index in [1.54, 1.807) is 55.6 Å². The van der Waals surface area contributed by atoms with Gasteiger partial charge in [-0.15, -0.1) is 0 Å². The monoisotopic (exact) mass is 381 g/mol. The van der Waals surface area contributed by atoms with Gasteiger partial charge in [0.05, 0.1) is 14.2 Å². The number of benzene rings is 2. The third-order valence-electron chi connectivity index (χ3n) is 4.08. The number of hydrogen-bond acceptors (Lipinski definition) is 5. The highest BCUT2D eigenvalue weighted by Crippen LogP contribution is 2.30. The van der Waals surface area contributed by atoms with E-state index in [9.17, 15) is 9.18 Å². The molecule has 144 valence electrons. The van der Waals surface area contributed by atoms with Crippen LogP contribution in [0.1, 0.15) is 15.9 Å². The average molecular weight is 381 g/mol. The minimum Gasteiger partial charge on any atom is -0.493 e. The molecule has 2 N–H and O–H groups in total. The Bertz CT molecular complexity index is 979. The molecule has 0 bridgehead atoms. The number of anilines is 2. The van der Waals surface area contributed by atoms with Gasteiger partial charge in [0.2, 0.25) is 0 Å². The quantitative estimate of drug-likeness (QED) is 0.645. The molecule has 3 aromatic rings. The molecule has 0 aliphatic carbocycles. The fourth-order valence-electron chi connectivity index (χ4n) is 2.61. The molecule has 1 amide bonds. The minimum absolute atomic E-state index is 0.264. The van der Waals surface area contributed by atoms with Crippen LogP contribution in [0.2, 0.25) is 0 Å². The minimum atomic E-state index is -0.302. The van der Waals surface area contributed by atoms with Gasteiger partial charge in [-0.1, -0.05) is 18.2 Å². The first-order valence-electron chi connectivity index (χ1n) is 8.57. The van der Waals surface area contributed by atoms with Gasteiger partial charge in [-0.05, 0) is 30.3 Å². The second-order valence-corrected chi connectivity index (χ2v) is 5.90. The molecule has 28 heavy (non-hydrogen) atoms. The smallest absolute Gasteiger partial charge is 0.255 e. The van der Waals surface area contributed by atoms with Crippen LogP contribution in [-0.2, 0) is 6.54 Å². The van der Waals surface area contributed by atoms with Crippen molar-refractivity contribution in [2.45, 2.75) is 6.54 Å². The number of halogens is 1. The van der Waals surface area contributed by atoms with E-state index >= 15 is 0 Å². The van der Waals surface area contributed by atoms with Gasteiger partial charge in [-0.25, -0.2) is 9.37 Å². The van der Waals surface area contributed by atoms with E-state index in [0.29, 0.717) is 34.1 Å². The van der Waals surface area contributed by atoms with Crippen molar-refractivity contribution in [1.82, 2.24) is 4.98 Å². The van der Waals surface area contributed by atoms with Crippen molar-refractivity contribution in [3.63, 3.8) is 0 Å². The van der Waals surface area contributed by atoms with Crippen molar-refractivity contribution < 1.29 is 18.7 Å². The highest BCUT2D eigenvalue weighted by molar-refractivity contribution is 6.04. The van der Waals surface area contributed by atoms with Gasteiger partial charge in [-0.3, -0.25) is 4.79 Å². The number of rotatable bonds is 7. The van der Waals surface area contributed by atoms with Crippen molar-refractivity contribution in [2.24, 2.45) is 0 Å². The summed E-state index contributed by atoms with van der Waals surface area (Å²) >= 11 is 0. The van der Waals surface area contributed by atoms with Gasteiger partial charge in [0.15, 0.2) is 11.5 Å². The second-order valence-electron chi connectivity index (χ2n) is 5.90. The summed E-state index contributed by atoms with van der Waals surface area (Å²) < 4.78 is 24.1. The molecule has 0 spiro atoms. The Morgan fingerprint density at radius 2 is 1.82 bits per heavy atom. The first kappa shape index (κ1) is 19.2. The predicted molar refractivity (Wildman–Crippen MR) is 105 cm³/mol. The molecular formula is C21H20FN3O3. The number of nitrogens with one attached hydrogen (secondary N) is 2. The lowest BCUT2D eigenvalue weighted by Gasteiger charge is -2.11. The summed E-state index contributed by atoms with van der Waals surface area (Å²) in [6.45, 7) is 0.264. The maximum absolute atomic E-state index is 13.7. The van der Waals surface area contributed by atoms with Crippen LogP contribution in [0.25, 0.3) is 0 Å². The molecule has 0 saturated heterocycles. The molecule has 7 heteroatoms. The highest BCUT2D eigenvalue weighted by atomic mass is 19.1. The average Bonchev–Trinajstić information content (AvgIpc) is 2.73. The molecule has 3 rings (SSSR count). The summed E-state index contributed by atoms with van der Waals surface area (Å²) in [5.41, 5.74) is 1.51. The summed E-state index contributed by atoms with van der Waals surface area (Å²) in [5, 5.41) is 5.83. The lowest BCUT2D eigenvalue weighted by molar-refractivity contribution is 0.102. The molecule has 0 fully saturated rings. The first-order chi connectivity index (χ1) is 13.6. The van der Waals surface area contributed by atoms with E-state index in [4.69, 9.17) is 9.47 Å². The van der Waals surface area contributed by atoms with Gasteiger partial charge in [-0.2, -0.15) is 0 Å². The number of pyridine rings is 1. The number of amides is 1. The standard InChI is InChI=1S/C21H20FN3O3/c1-27-18-8-7-16(12-19(18)28-2)25-21(26)14-9-10-23-20(11-14)24-13-15-5-3-4-6-17(15)22/h3-12H,13H2,1-2H3,(H,23,24)(H,25,26). The molecule has 0 saturated carbocycles. The second kappa shape index (κ2) is 8.85. The number of aromatic nitrogens is 1. The fraction of sp³-hybridized carbons (Fsp3) is 0.143. The predicted octanol–water partition coefficient (Wildman–Crippen LogP) is 4.10. The maximum atomic E-state index is 13.7. The third kappa shape index (κ3) is 4.56. The zero-order valence-electron chi connectivity index (χ0n) is 15.5. The van der Waals surface area contributed by atoms with Gasteiger partial charge in [0.1, 0.15) is 11.6 Å². The molecule has 0 aliphatic rings. The molecule has 0 unspecified atom stereocenters. The topological polar surface area (TPSA) is 72.5 Å². The van der Waals surface area contributed by atoms with Crippen LogP contribution in [0.3, 0.4) is 0 Å². The summed E-state index contributed by atoms with van der Waals surface area (Å²) in [6, 6.07) is 14.8. The van der Waals surface area contributed by atoms with Gasteiger partial charge in [0.25, 0.3) is 5.91 Å². The summed E-state index contributed by atoms with van der Waals surface area (Å²) in [4.78, 5) is 16.7. The van der Waals surface area contributed by atoms with Crippen molar-refractivity contribution in [3.05, 3.63) is 77.7 Å². The van der Waals surface area contributed by atoms with E-state index in [1.165, 1.54) is 19.4 Å². The Labute approximate surface area is 162 Å². The lowest BCUT2D eigenvalue weighted by Crippen LogP contribution is -2.13. The van der Waals surface area contributed by atoms with E-state index in [1.807, 2.05) is 0 Å². The summed E-state index contributed by atoms with van der Waals surface area (Å²) in [6.07, 6.45) is 1.52. The number of carbonyl (C=O) groups is 1. The van der Waals surface area contributed by atoms with Crippen molar-refractivity contribution in [1.29, 1.82) is 0 Å². The molecule has 2 aromatic carbocycles. The van der Waals surface area contributed by atoms with Crippen molar-refractivity contribution in [2.75, 3.05) is 24.9 Å². The van der Waals surface area contributed by atoms with Crippen molar-refractivity contribution in [3.8, 4) is 11.5 Å².